The molecule has 0 aromatic rings. The van der Waals surface area contributed by atoms with Gasteiger partial charge in [-0.25, -0.2) is 4.40 Å². The number of nitrogens with one attached hydrogen (secondary N) is 1. The van der Waals surface area contributed by atoms with Crippen molar-refractivity contribution >= 4 is 42.0 Å². The van der Waals surface area contributed by atoms with E-state index in [1.54, 1.807) is 0 Å². The zero-order chi connectivity index (χ0) is 27.8. The highest BCUT2D eigenvalue weighted by atomic mass is 35.5. The molecule has 1 aliphatic heterocycles. The molecule has 0 bridgehead atoms. The minimum absolute atomic E-state index is 0.0779. The van der Waals surface area contributed by atoms with Crippen molar-refractivity contribution < 1.29 is 18.8 Å². The van der Waals surface area contributed by atoms with E-state index in [2.05, 4.69) is 55.8 Å². The average molecular weight is 561 g/mol. The molecule has 6 nitrogen and oxygen atoms in total. The number of rotatable bonds is 20. The van der Waals surface area contributed by atoms with Gasteiger partial charge in [-0.3, -0.25) is 14.7 Å². The topological polar surface area (TPSA) is 71.7 Å². The number of carbonyl (C=O) groups excluding carboxylic acids is 1. The summed E-state index contributed by atoms with van der Waals surface area (Å²) in [6, 6.07) is 0. The highest BCUT2D eigenvalue weighted by molar-refractivity contribution is 7.79. The van der Waals surface area contributed by atoms with Crippen LogP contribution in [0.4, 0.5) is 0 Å². The molecule has 0 saturated heterocycles. The lowest BCUT2D eigenvalue weighted by Gasteiger charge is -2.36. The van der Waals surface area contributed by atoms with Crippen molar-refractivity contribution in [1.82, 2.24) is 0 Å². The summed E-state index contributed by atoms with van der Waals surface area (Å²) < 4.78 is 15.9. The largest absolute Gasteiger partial charge is 0.477 e. The van der Waals surface area contributed by atoms with Crippen molar-refractivity contribution in [3.8, 4) is 0 Å². The Labute approximate surface area is 238 Å². The number of quaternary nitrogens is 1. The van der Waals surface area contributed by atoms with Crippen LogP contribution < -0.4 is 0 Å². The van der Waals surface area contributed by atoms with Gasteiger partial charge in [0.1, 0.15) is 12.3 Å². The molecule has 1 atom stereocenters. The Morgan fingerprint density at radius 2 is 1.49 bits per heavy atom. The summed E-state index contributed by atoms with van der Waals surface area (Å²) in [5, 5.41) is 8.30. The second-order valence-electron chi connectivity index (χ2n) is 10.3. The summed E-state index contributed by atoms with van der Waals surface area (Å²) in [6.07, 6.45) is 21.9. The number of alkyl halides is 1. The normalized spacial score (nSPS) is 17.5. The molecule has 0 fully saturated rings. The number of unbranched alkanes of at least 4 members (excludes halogenated alkanes) is 12. The van der Waals surface area contributed by atoms with E-state index in [9.17, 15) is 4.79 Å². The molecule has 1 heterocycles. The molecule has 1 rings (SSSR count). The number of carbonyl (C=O) groups is 1. The van der Waals surface area contributed by atoms with Crippen LogP contribution in [0.3, 0.4) is 0 Å². The van der Waals surface area contributed by atoms with E-state index in [4.69, 9.17) is 14.9 Å². The summed E-state index contributed by atoms with van der Waals surface area (Å²) in [7, 11) is 2.09. The monoisotopic (exact) mass is 560 g/mol. The molecular weight excluding hydrogens is 506 g/mol. The van der Waals surface area contributed by atoms with Crippen LogP contribution in [-0.4, -0.2) is 61.9 Å². The third-order valence-corrected chi connectivity index (χ3v) is 6.95. The Morgan fingerprint density at radius 1 is 0.946 bits per heavy atom. The van der Waals surface area contributed by atoms with E-state index >= 15 is 0 Å². The van der Waals surface area contributed by atoms with Crippen LogP contribution in [0.15, 0.2) is 16.0 Å². The number of halogens is 1. The van der Waals surface area contributed by atoms with Crippen molar-refractivity contribution in [2.24, 2.45) is 4.40 Å². The van der Waals surface area contributed by atoms with E-state index in [0.29, 0.717) is 36.5 Å². The lowest BCUT2D eigenvalue weighted by Crippen LogP contribution is -2.51. The highest BCUT2D eigenvalue weighted by Crippen LogP contribution is 2.20. The van der Waals surface area contributed by atoms with Crippen molar-refractivity contribution in [2.75, 3.05) is 39.9 Å². The van der Waals surface area contributed by atoms with Gasteiger partial charge < -0.3 is 9.47 Å². The predicted octanol–water partition coefficient (Wildman–Crippen LogP) is 8.29. The van der Waals surface area contributed by atoms with Crippen LogP contribution in [0, 0.1) is 5.41 Å². The molecule has 0 amide bonds. The molecule has 0 saturated carbocycles. The van der Waals surface area contributed by atoms with Crippen LogP contribution in [0.5, 0.6) is 0 Å². The molecule has 37 heavy (non-hydrogen) atoms. The summed E-state index contributed by atoms with van der Waals surface area (Å²) in [5.41, 5.74) is 1.43. The van der Waals surface area contributed by atoms with E-state index < -0.39 is 0 Å². The maximum Gasteiger partial charge on any atom is 0.310 e. The second kappa shape index (κ2) is 24.0. The molecule has 0 spiro atoms. The lowest BCUT2D eigenvalue weighted by molar-refractivity contribution is -0.922. The predicted molar refractivity (Wildman–Crippen MR) is 162 cm³/mol. The standard InChI is InChI=1S/C28H51N3O3S.CH3Cl/c1-4-6-8-10-11-12-13-14-15-16-20-26(32)34-24-31(3)21-18-19-25(23-31)27(30-35)28(29)33-22-17-9-7-5-2;1-2/h19H,4-18,20-24H2,1-3H3,(H-,29,35);1H3/p+1. The molecule has 0 aromatic carbocycles. The number of nitrogens with zero attached hydrogens (tertiary/aromatic N) is 2. The summed E-state index contributed by atoms with van der Waals surface area (Å²) >= 11 is 8.75. The summed E-state index contributed by atoms with van der Waals surface area (Å²) in [5.74, 6) is -0.0274. The number of hydrogen-bond acceptors (Lipinski definition) is 6. The third kappa shape index (κ3) is 18.0. The highest BCUT2D eigenvalue weighted by Gasteiger charge is 2.31. The Morgan fingerprint density at radius 3 is 2.05 bits per heavy atom. The number of thiol groups is 1. The van der Waals surface area contributed by atoms with Gasteiger partial charge in [0.25, 0.3) is 0 Å². The number of likely N-dealkylation sites (N-methyl/N-ethyl adjacent to an activating group) is 1. The van der Waals surface area contributed by atoms with Gasteiger partial charge in [0.05, 0.1) is 20.2 Å². The minimum atomic E-state index is -0.105. The fourth-order valence-corrected chi connectivity index (χ4v) is 4.69. The molecule has 1 unspecified atom stereocenters. The number of hydrogen-bond donors (Lipinski definition) is 2. The fraction of sp³-hybridized carbons (Fsp3) is 0.828. The molecule has 8 heteroatoms. The van der Waals surface area contributed by atoms with Gasteiger partial charge in [-0.05, 0) is 25.7 Å². The molecule has 0 aliphatic carbocycles. The molecule has 1 aliphatic rings. The average Bonchev–Trinajstić information content (AvgIpc) is 2.90. The van der Waals surface area contributed by atoms with Crippen molar-refractivity contribution in [2.45, 2.75) is 117 Å². The Bertz CT molecular complexity index is 673. The zero-order valence-corrected chi connectivity index (χ0v) is 25.8. The lowest BCUT2D eigenvalue weighted by atomic mass is 10.0. The third-order valence-electron chi connectivity index (χ3n) is 6.75. The van der Waals surface area contributed by atoms with Crippen LogP contribution in [0.1, 0.15) is 117 Å². The smallest absolute Gasteiger partial charge is 0.310 e. The van der Waals surface area contributed by atoms with Crippen molar-refractivity contribution in [3.63, 3.8) is 0 Å². The van der Waals surface area contributed by atoms with Crippen LogP contribution in [-0.2, 0) is 14.3 Å². The Hall–Kier alpha value is -1.05. The summed E-state index contributed by atoms with van der Waals surface area (Å²) in [6.45, 7) is 6.84. The van der Waals surface area contributed by atoms with E-state index in [1.165, 1.54) is 70.6 Å². The van der Waals surface area contributed by atoms with E-state index in [-0.39, 0.29) is 11.9 Å². The van der Waals surface area contributed by atoms with Gasteiger partial charge in [0, 0.05) is 24.8 Å². The van der Waals surface area contributed by atoms with Crippen molar-refractivity contribution in [3.05, 3.63) is 11.6 Å². The summed E-state index contributed by atoms with van der Waals surface area (Å²) in [4.78, 5) is 12.3. The van der Waals surface area contributed by atoms with Crippen LogP contribution in [0.2, 0.25) is 0 Å². The molecule has 0 aromatic heterocycles. The molecule has 216 valence electrons. The van der Waals surface area contributed by atoms with E-state index in [0.717, 1.165) is 44.2 Å². The first-order valence-corrected chi connectivity index (χ1v) is 15.6. The zero-order valence-electron chi connectivity index (χ0n) is 24.2. The first-order valence-electron chi connectivity index (χ1n) is 14.5. The second-order valence-corrected chi connectivity index (χ2v) is 10.5. The minimum Gasteiger partial charge on any atom is -0.477 e. The SMILES string of the molecule is CCCCCCCCCCCCC(=O)OC[N+]1(C)CCC=C(/C(=N/S)C(=N)OCCCCCC)C1.CCl. The number of esters is 1. The van der Waals surface area contributed by atoms with Crippen molar-refractivity contribution in [1.29, 1.82) is 5.41 Å². The van der Waals surface area contributed by atoms with Crippen LogP contribution >= 0.6 is 24.4 Å². The van der Waals surface area contributed by atoms with Gasteiger partial charge in [0.15, 0.2) is 0 Å². The quantitative estimate of drug-likeness (QED) is 0.0299. The van der Waals surface area contributed by atoms with E-state index in [1.807, 2.05) is 0 Å². The number of ether oxygens (including phenoxy) is 2. The van der Waals surface area contributed by atoms with Gasteiger partial charge in [0.2, 0.25) is 12.6 Å². The fourth-order valence-electron chi connectivity index (χ4n) is 4.47. The molecule has 1 N–H and O–H groups in total. The molecular formula is C29H55ClN3O3S+. The van der Waals surface area contributed by atoms with Crippen LogP contribution in [0.25, 0.3) is 0 Å². The first kappa shape index (κ1) is 35.9. The van der Waals surface area contributed by atoms with Gasteiger partial charge in [-0.1, -0.05) is 97.0 Å². The van der Waals surface area contributed by atoms with Gasteiger partial charge in [-0.2, -0.15) is 0 Å². The van der Waals surface area contributed by atoms with Gasteiger partial charge in [-0.15, -0.1) is 11.6 Å². The van der Waals surface area contributed by atoms with Gasteiger partial charge >= 0.3 is 5.97 Å². The maximum atomic E-state index is 12.3. The first-order chi connectivity index (χ1) is 18.0. The Kier molecular flexibility index (Phi) is 23.3. The maximum absolute atomic E-state index is 12.3. The molecule has 0 radical (unpaired) electrons. The Balaban J connectivity index is 0.00000631.